The van der Waals surface area contributed by atoms with Gasteiger partial charge in [0.25, 0.3) is 0 Å². The third-order valence-electron chi connectivity index (χ3n) is 2.12. The van der Waals surface area contributed by atoms with Crippen LogP contribution in [-0.4, -0.2) is 32.9 Å². The lowest BCUT2D eigenvalue weighted by Gasteiger charge is -2.08. The molecule has 7 heteroatoms. The van der Waals surface area contributed by atoms with Gasteiger partial charge in [0.05, 0.1) is 5.69 Å². The number of carbonyl (C=O) groups excluding carboxylic acids is 1. The number of hydrogen-bond donors (Lipinski definition) is 2. The summed E-state index contributed by atoms with van der Waals surface area (Å²) >= 11 is 1.47. The van der Waals surface area contributed by atoms with Crippen LogP contribution in [0, 0.1) is 0 Å². The van der Waals surface area contributed by atoms with Crippen molar-refractivity contribution in [1.29, 1.82) is 0 Å². The summed E-state index contributed by atoms with van der Waals surface area (Å²) in [6, 6.07) is -0.929. The summed E-state index contributed by atoms with van der Waals surface area (Å²) in [6.07, 6.45) is 4.17. The normalized spacial score (nSPS) is 12.5. The smallest absolute Gasteiger partial charge is 0.326 e. The number of amides is 1. The fourth-order valence-corrected chi connectivity index (χ4v) is 2.10. The number of carboxylic acid groups (broad SMARTS) is 1. The summed E-state index contributed by atoms with van der Waals surface area (Å²) in [7, 11) is 0. The van der Waals surface area contributed by atoms with Crippen molar-refractivity contribution in [1.82, 2.24) is 14.7 Å². The van der Waals surface area contributed by atoms with E-state index in [2.05, 4.69) is 10.3 Å². The van der Waals surface area contributed by atoms with Crippen LogP contribution in [0.5, 0.6) is 0 Å². The van der Waals surface area contributed by atoms with E-state index < -0.39 is 12.0 Å². The van der Waals surface area contributed by atoms with Crippen LogP contribution in [0.15, 0.2) is 17.8 Å². The first kappa shape index (κ1) is 10.6. The van der Waals surface area contributed by atoms with Gasteiger partial charge in [0, 0.05) is 24.2 Å². The van der Waals surface area contributed by atoms with Crippen LogP contribution in [0.1, 0.15) is 5.69 Å². The molecule has 2 aromatic heterocycles. The first-order chi connectivity index (χ1) is 7.70. The first-order valence-corrected chi connectivity index (χ1v) is 5.42. The molecular formula is C9H9N3O3S. The van der Waals surface area contributed by atoms with Gasteiger partial charge in [-0.3, -0.25) is 9.20 Å². The highest BCUT2D eigenvalue weighted by atomic mass is 32.1. The molecule has 1 unspecified atom stereocenters. The molecule has 2 aromatic rings. The monoisotopic (exact) mass is 239 g/mol. The Labute approximate surface area is 94.5 Å². The minimum atomic E-state index is -1.07. The Balaban J connectivity index is 2.16. The van der Waals surface area contributed by atoms with E-state index in [1.807, 2.05) is 16.0 Å². The average molecular weight is 239 g/mol. The van der Waals surface area contributed by atoms with E-state index in [0.29, 0.717) is 12.1 Å². The number of carbonyl (C=O) groups is 2. The van der Waals surface area contributed by atoms with Crippen LogP contribution in [0.3, 0.4) is 0 Å². The molecule has 0 aromatic carbocycles. The minimum Gasteiger partial charge on any atom is -0.480 e. The van der Waals surface area contributed by atoms with Crippen LogP contribution in [0.4, 0.5) is 0 Å². The third-order valence-corrected chi connectivity index (χ3v) is 2.89. The van der Waals surface area contributed by atoms with Gasteiger partial charge in [-0.25, -0.2) is 9.78 Å². The van der Waals surface area contributed by atoms with Gasteiger partial charge >= 0.3 is 5.97 Å². The van der Waals surface area contributed by atoms with E-state index in [-0.39, 0.29) is 6.42 Å². The highest BCUT2D eigenvalue weighted by molar-refractivity contribution is 7.15. The maximum Gasteiger partial charge on any atom is 0.326 e. The molecule has 2 heterocycles. The average Bonchev–Trinajstić information content (AvgIpc) is 2.76. The SMILES string of the molecule is O=CNC(Cc1cn2ccsc2n1)C(=O)O. The molecule has 2 rings (SSSR count). The molecule has 0 aliphatic heterocycles. The molecule has 0 saturated heterocycles. The van der Waals surface area contributed by atoms with Gasteiger partial charge in [-0.1, -0.05) is 0 Å². The van der Waals surface area contributed by atoms with Gasteiger partial charge < -0.3 is 10.4 Å². The number of aromatic nitrogens is 2. The molecule has 0 aliphatic rings. The van der Waals surface area contributed by atoms with Crippen molar-refractivity contribution in [3.8, 4) is 0 Å². The van der Waals surface area contributed by atoms with Gasteiger partial charge in [-0.2, -0.15) is 0 Å². The number of nitrogens with one attached hydrogen (secondary N) is 1. The largest absolute Gasteiger partial charge is 0.480 e. The number of fused-ring (bicyclic) bond motifs is 1. The van der Waals surface area contributed by atoms with E-state index in [0.717, 1.165) is 4.96 Å². The fraction of sp³-hybridized carbons (Fsp3) is 0.222. The Morgan fingerprint density at radius 2 is 2.56 bits per heavy atom. The number of aliphatic carboxylic acids is 1. The highest BCUT2D eigenvalue weighted by Gasteiger charge is 2.18. The summed E-state index contributed by atoms with van der Waals surface area (Å²) in [6.45, 7) is 0. The lowest BCUT2D eigenvalue weighted by atomic mass is 10.2. The van der Waals surface area contributed by atoms with Gasteiger partial charge in [0.15, 0.2) is 4.96 Å². The van der Waals surface area contributed by atoms with Gasteiger partial charge in [0.2, 0.25) is 6.41 Å². The van der Waals surface area contributed by atoms with Crippen molar-refractivity contribution in [3.63, 3.8) is 0 Å². The zero-order valence-electron chi connectivity index (χ0n) is 8.16. The van der Waals surface area contributed by atoms with Crippen molar-refractivity contribution >= 4 is 28.7 Å². The van der Waals surface area contributed by atoms with Crippen LogP contribution >= 0.6 is 11.3 Å². The van der Waals surface area contributed by atoms with E-state index >= 15 is 0 Å². The van der Waals surface area contributed by atoms with Crippen LogP contribution in [0.2, 0.25) is 0 Å². The Morgan fingerprint density at radius 1 is 1.75 bits per heavy atom. The number of hydrogen-bond acceptors (Lipinski definition) is 4. The van der Waals surface area contributed by atoms with Crippen LogP contribution < -0.4 is 5.32 Å². The van der Waals surface area contributed by atoms with Crippen molar-refractivity contribution in [3.05, 3.63) is 23.5 Å². The van der Waals surface area contributed by atoms with E-state index in [1.54, 1.807) is 6.20 Å². The molecular weight excluding hydrogens is 230 g/mol. The highest BCUT2D eigenvalue weighted by Crippen LogP contribution is 2.12. The predicted molar refractivity (Wildman–Crippen MR) is 57.4 cm³/mol. The minimum absolute atomic E-state index is 0.183. The fourth-order valence-electron chi connectivity index (χ4n) is 1.38. The van der Waals surface area contributed by atoms with E-state index in [4.69, 9.17) is 5.11 Å². The molecule has 1 atom stereocenters. The lowest BCUT2D eigenvalue weighted by Crippen LogP contribution is -2.37. The summed E-state index contributed by atoms with van der Waals surface area (Å²) in [5.74, 6) is -1.07. The molecule has 6 nitrogen and oxygen atoms in total. The van der Waals surface area contributed by atoms with Gasteiger partial charge in [-0.15, -0.1) is 11.3 Å². The zero-order chi connectivity index (χ0) is 11.5. The number of nitrogens with zero attached hydrogens (tertiary/aromatic N) is 2. The molecule has 16 heavy (non-hydrogen) atoms. The summed E-state index contributed by atoms with van der Waals surface area (Å²) in [5.41, 5.74) is 0.647. The molecule has 2 N–H and O–H groups in total. The predicted octanol–water partition coefficient (Wildman–Crippen LogP) is 0.137. The van der Waals surface area contributed by atoms with Crippen molar-refractivity contribution < 1.29 is 14.7 Å². The summed E-state index contributed by atoms with van der Waals surface area (Å²) in [5, 5.41) is 13.0. The Hall–Kier alpha value is -1.89. The molecule has 0 aliphatic carbocycles. The molecule has 84 valence electrons. The third kappa shape index (κ3) is 2.03. The molecule has 0 bridgehead atoms. The van der Waals surface area contributed by atoms with Crippen molar-refractivity contribution in [2.75, 3.05) is 0 Å². The topological polar surface area (TPSA) is 83.7 Å². The molecule has 0 radical (unpaired) electrons. The number of thiazole rings is 1. The Morgan fingerprint density at radius 3 is 3.19 bits per heavy atom. The summed E-state index contributed by atoms with van der Waals surface area (Å²) < 4.78 is 1.82. The standard InChI is InChI=1S/C9H9N3O3S/c13-5-10-7(8(14)15)3-6-4-12-1-2-16-9(12)11-6/h1-2,4-5,7H,3H2,(H,10,13)(H,14,15). The zero-order valence-corrected chi connectivity index (χ0v) is 8.98. The maximum absolute atomic E-state index is 10.8. The quantitative estimate of drug-likeness (QED) is 0.727. The first-order valence-electron chi connectivity index (χ1n) is 4.54. The number of imidazole rings is 1. The second-order valence-corrected chi connectivity index (χ2v) is 4.08. The van der Waals surface area contributed by atoms with E-state index in [9.17, 15) is 9.59 Å². The molecule has 0 fully saturated rings. The Kier molecular flexibility index (Phi) is 2.86. The summed E-state index contributed by atoms with van der Waals surface area (Å²) in [4.78, 5) is 26.1. The molecule has 1 amide bonds. The molecule has 0 saturated carbocycles. The number of carboxylic acids is 1. The Bertz CT molecular complexity index is 490. The van der Waals surface area contributed by atoms with Crippen LogP contribution in [-0.2, 0) is 16.0 Å². The van der Waals surface area contributed by atoms with Crippen LogP contribution in [0.25, 0.3) is 4.96 Å². The molecule has 0 spiro atoms. The maximum atomic E-state index is 10.8. The number of rotatable bonds is 5. The van der Waals surface area contributed by atoms with Crippen molar-refractivity contribution in [2.45, 2.75) is 12.5 Å². The second kappa shape index (κ2) is 4.31. The van der Waals surface area contributed by atoms with Gasteiger partial charge in [0.1, 0.15) is 6.04 Å². The van der Waals surface area contributed by atoms with Crippen molar-refractivity contribution in [2.24, 2.45) is 0 Å². The van der Waals surface area contributed by atoms with E-state index in [1.165, 1.54) is 11.3 Å². The van der Waals surface area contributed by atoms with Gasteiger partial charge in [-0.05, 0) is 0 Å². The second-order valence-electron chi connectivity index (χ2n) is 3.20. The lowest BCUT2D eigenvalue weighted by molar-refractivity contribution is -0.140.